The number of amides is 2. The fourth-order valence-corrected chi connectivity index (χ4v) is 2.81. The van der Waals surface area contributed by atoms with Crippen LogP contribution in [0.4, 0.5) is 0 Å². The van der Waals surface area contributed by atoms with Gasteiger partial charge in [-0.3, -0.25) is 14.4 Å². The van der Waals surface area contributed by atoms with Crippen LogP contribution in [0.2, 0.25) is 0 Å². The number of carbonyl (C=O) groups excluding carboxylic acids is 4. The van der Waals surface area contributed by atoms with Crippen LogP contribution in [0.5, 0.6) is 0 Å². The third-order valence-electron chi connectivity index (χ3n) is 4.47. The highest BCUT2D eigenvalue weighted by Gasteiger charge is 2.26. The molecule has 4 N–H and O–H groups in total. The Morgan fingerprint density at radius 1 is 0.968 bits per heavy atom. The molecule has 0 bridgehead atoms. The lowest BCUT2D eigenvalue weighted by Gasteiger charge is -2.18. The molecule has 0 aliphatic carbocycles. The molecule has 31 heavy (non-hydrogen) atoms. The standard InChI is InChI=1S/C23H27N3O5/c1-2-9-18(24)21(28)22(29)25-14-19(27)26-20(17-12-7-4-8-13-17)23(30)31-15-16-10-5-3-6-11-16/h3-8,10-13,18,20H,2,9,14-15,24H2,1H3,(H,25,29)(H,26,27). The van der Waals surface area contributed by atoms with Gasteiger partial charge in [0.15, 0.2) is 6.04 Å². The molecule has 0 saturated carbocycles. The van der Waals surface area contributed by atoms with Gasteiger partial charge in [0.2, 0.25) is 11.7 Å². The van der Waals surface area contributed by atoms with Crippen LogP contribution in [0.15, 0.2) is 60.7 Å². The number of ether oxygens (including phenoxy) is 1. The first-order valence-electron chi connectivity index (χ1n) is 10.0. The molecule has 0 aliphatic rings. The topological polar surface area (TPSA) is 128 Å². The summed E-state index contributed by atoms with van der Waals surface area (Å²) >= 11 is 0. The largest absolute Gasteiger partial charge is 0.459 e. The Morgan fingerprint density at radius 3 is 2.19 bits per heavy atom. The number of nitrogens with one attached hydrogen (secondary N) is 2. The molecule has 2 aromatic rings. The molecule has 8 nitrogen and oxygen atoms in total. The van der Waals surface area contributed by atoms with E-state index in [4.69, 9.17) is 10.5 Å². The van der Waals surface area contributed by atoms with Gasteiger partial charge in [-0.05, 0) is 17.5 Å². The zero-order valence-corrected chi connectivity index (χ0v) is 17.4. The second-order valence-corrected chi connectivity index (χ2v) is 6.95. The zero-order valence-electron chi connectivity index (χ0n) is 17.4. The van der Waals surface area contributed by atoms with Crippen LogP contribution < -0.4 is 16.4 Å². The Morgan fingerprint density at radius 2 is 1.58 bits per heavy atom. The molecule has 2 unspecified atom stereocenters. The van der Waals surface area contributed by atoms with E-state index < -0.39 is 42.2 Å². The van der Waals surface area contributed by atoms with Crippen LogP contribution in [0, 0.1) is 0 Å². The number of ketones is 1. The normalized spacial score (nSPS) is 12.3. The van der Waals surface area contributed by atoms with Crippen molar-refractivity contribution in [3.05, 3.63) is 71.8 Å². The van der Waals surface area contributed by atoms with E-state index in [1.165, 1.54) is 0 Å². The minimum atomic E-state index is -1.06. The smallest absolute Gasteiger partial charge is 0.333 e. The van der Waals surface area contributed by atoms with E-state index in [9.17, 15) is 19.2 Å². The van der Waals surface area contributed by atoms with Crippen molar-refractivity contribution in [2.45, 2.75) is 38.5 Å². The highest BCUT2D eigenvalue weighted by molar-refractivity contribution is 6.38. The molecule has 8 heteroatoms. The van der Waals surface area contributed by atoms with Gasteiger partial charge in [0.1, 0.15) is 6.61 Å². The predicted octanol–water partition coefficient (Wildman–Crippen LogP) is 1.40. The van der Waals surface area contributed by atoms with Crippen molar-refractivity contribution in [2.75, 3.05) is 6.54 Å². The number of rotatable bonds is 11. The van der Waals surface area contributed by atoms with Crippen molar-refractivity contribution in [3.63, 3.8) is 0 Å². The monoisotopic (exact) mass is 425 g/mol. The second-order valence-electron chi connectivity index (χ2n) is 6.95. The van der Waals surface area contributed by atoms with E-state index in [0.717, 1.165) is 5.56 Å². The van der Waals surface area contributed by atoms with E-state index >= 15 is 0 Å². The number of esters is 1. The van der Waals surface area contributed by atoms with Crippen LogP contribution in [-0.4, -0.2) is 36.2 Å². The Bertz CT molecular complexity index is 887. The minimum absolute atomic E-state index is 0.0550. The van der Waals surface area contributed by atoms with Gasteiger partial charge in [-0.25, -0.2) is 4.79 Å². The van der Waals surface area contributed by atoms with Gasteiger partial charge in [0, 0.05) is 0 Å². The van der Waals surface area contributed by atoms with E-state index in [-0.39, 0.29) is 6.61 Å². The van der Waals surface area contributed by atoms with Crippen molar-refractivity contribution >= 4 is 23.6 Å². The zero-order chi connectivity index (χ0) is 22.6. The maximum absolute atomic E-state index is 12.7. The van der Waals surface area contributed by atoms with Crippen molar-refractivity contribution in [1.82, 2.24) is 10.6 Å². The Kier molecular flexibility index (Phi) is 9.38. The second kappa shape index (κ2) is 12.2. The average molecular weight is 425 g/mol. The lowest BCUT2D eigenvalue weighted by Crippen LogP contribution is -2.46. The Labute approximate surface area is 181 Å². The maximum atomic E-state index is 12.7. The molecule has 0 aromatic heterocycles. The highest BCUT2D eigenvalue weighted by Crippen LogP contribution is 2.15. The molecule has 0 aliphatic heterocycles. The Hall–Kier alpha value is -3.52. The molecule has 164 valence electrons. The summed E-state index contributed by atoms with van der Waals surface area (Å²) in [4.78, 5) is 48.8. The summed E-state index contributed by atoms with van der Waals surface area (Å²) in [6.07, 6.45) is 1.03. The van der Waals surface area contributed by atoms with E-state index in [1.54, 1.807) is 30.3 Å². The fraction of sp³-hybridized carbons (Fsp3) is 0.304. The number of Topliss-reactive ketones (excluding diaryl/α,β-unsaturated/α-hetero) is 1. The van der Waals surface area contributed by atoms with Crippen LogP contribution >= 0.6 is 0 Å². The SMILES string of the molecule is CCCC(N)C(=O)C(=O)NCC(=O)NC(C(=O)OCc1ccccc1)c1ccccc1. The van der Waals surface area contributed by atoms with Crippen molar-refractivity contribution in [2.24, 2.45) is 5.73 Å². The van der Waals surface area contributed by atoms with Crippen molar-refractivity contribution in [1.29, 1.82) is 0 Å². The van der Waals surface area contributed by atoms with Crippen molar-refractivity contribution in [3.8, 4) is 0 Å². The lowest BCUT2D eigenvalue weighted by molar-refractivity contribution is -0.149. The summed E-state index contributed by atoms with van der Waals surface area (Å²) in [5.74, 6) is -3.00. The summed E-state index contributed by atoms with van der Waals surface area (Å²) < 4.78 is 5.36. The van der Waals surface area contributed by atoms with Gasteiger partial charge in [-0.1, -0.05) is 74.0 Å². The molecule has 0 radical (unpaired) electrons. The molecule has 0 saturated heterocycles. The molecule has 2 atom stereocenters. The highest BCUT2D eigenvalue weighted by atomic mass is 16.5. The van der Waals surface area contributed by atoms with Crippen LogP contribution in [0.1, 0.15) is 36.9 Å². The molecule has 0 heterocycles. The summed E-state index contributed by atoms with van der Waals surface area (Å²) in [6.45, 7) is 1.43. The van der Waals surface area contributed by atoms with Gasteiger partial charge < -0.3 is 21.1 Å². The first kappa shape index (κ1) is 23.8. The number of hydrogen-bond donors (Lipinski definition) is 3. The molecule has 2 aromatic carbocycles. The van der Waals surface area contributed by atoms with Gasteiger partial charge in [0.25, 0.3) is 5.91 Å². The molecule has 2 rings (SSSR count). The van der Waals surface area contributed by atoms with Crippen LogP contribution in [0.25, 0.3) is 0 Å². The van der Waals surface area contributed by atoms with E-state index in [1.807, 2.05) is 37.3 Å². The van der Waals surface area contributed by atoms with E-state index in [2.05, 4.69) is 10.6 Å². The van der Waals surface area contributed by atoms with Crippen LogP contribution in [0.3, 0.4) is 0 Å². The molecule has 0 fully saturated rings. The summed E-state index contributed by atoms with van der Waals surface area (Å²) in [5, 5.41) is 4.79. The lowest BCUT2D eigenvalue weighted by atomic mass is 10.1. The molecule has 2 amide bonds. The maximum Gasteiger partial charge on any atom is 0.333 e. The summed E-state index contributed by atoms with van der Waals surface area (Å²) in [7, 11) is 0. The van der Waals surface area contributed by atoms with Gasteiger partial charge in [-0.15, -0.1) is 0 Å². The van der Waals surface area contributed by atoms with Gasteiger partial charge in [-0.2, -0.15) is 0 Å². The van der Waals surface area contributed by atoms with Crippen molar-refractivity contribution < 1.29 is 23.9 Å². The number of benzene rings is 2. The third-order valence-corrected chi connectivity index (χ3v) is 4.47. The first-order valence-corrected chi connectivity index (χ1v) is 10.0. The number of carbonyl (C=O) groups is 4. The van der Waals surface area contributed by atoms with Gasteiger partial charge in [0.05, 0.1) is 12.6 Å². The first-order chi connectivity index (χ1) is 14.9. The average Bonchev–Trinajstić information content (AvgIpc) is 2.80. The fourth-order valence-electron chi connectivity index (χ4n) is 2.81. The minimum Gasteiger partial charge on any atom is -0.459 e. The van der Waals surface area contributed by atoms with Gasteiger partial charge >= 0.3 is 5.97 Å². The Balaban J connectivity index is 1.97. The third kappa shape index (κ3) is 7.67. The summed E-state index contributed by atoms with van der Waals surface area (Å²) in [6, 6.07) is 15.8. The summed E-state index contributed by atoms with van der Waals surface area (Å²) in [5.41, 5.74) is 6.98. The number of hydrogen-bond acceptors (Lipinski definition) is 6. The van der Waals surface area contributed by atoms with Crippen LogP contribution in [-0.2, 0) is 30.5 Å². The molecular formula is C23H27N3O5. The quantitative estimate of drug-likeness (QED) is 0.369. The molecular weight excluding hydrogens is 398 g/mol. The molecule has 0 spiro atoms. The predicted molar refractivity (Wildman–Crippen MR) is 114 cm³/mol. The number of nitrogens with two attached hydrogens (primary N) is 1. The van der Waals surface area contributed by atoms with E-state index in [0.29, 0.717) is 18.4 Å².